The summed E-state index contributed by atoms with van der Waals surface area (Å²) in [7, 11) is 0. The summed E-state index contributed by atoms with van der Waals surface area (Å²) < 4.78 is 0. The number of carboxylic acids is 1. The van der Waals surface area contributed by atoms with Crippen molar-refractivity contribution in [3.8, 4) is 5.75 Å². The molecule has 0 aliphatic carbocycles. The minimum atomic E-state index is -1.76. The highest BCUT2D eigenvalue weighted by molar-refractivity contribution is 6.00. The zero-order chi connectivity index (χ0) is 67.3. The number of carbonyl (C=O) groups is 11. The Bertz CT molecular complexity index is 3220. The van der Waals surface area contributed by atoms with Crippen molar-refractivity contribution < 1.29 is 68.1 Å². The summed E-state index contributed by atoms with van der Waals surface area (Å²) in [5.74, 6) is -8.16. The van der Waals surface area contributed by atoms with Crippen LogP contribution in [0.25, 0.3) is 10.9 Å². The topological polar surface area (TPSA) is 469 Å². The van der Waals surface area contributed by atoms with Crippen LogP contribution in [0.1, 0.15) is 111 Å². The van der Waals surface area contributed by atoms with Crippen molar-refractivity contribution in [3.63, 3.8) is 0 Å². The summed E-state index contributed by atoms with van der Waals surface area (Å²) in [6.07, 6.45) is 5.58. The van der Waals surface area contributed by atoms with Crippen LogP contribution in [-0.4, -0.2) is 187 Å². The van der Waals surface area contributed by atoms with Gasteiger partial charge in [0.05, 0.1) is 12.9 Å². The number of likely N-dealkylation sites (N-methyl/N-ethyl adjacent to an activating group) is 1. The number of aliphatic carboxylic acids is 1. The van der Waals surface area contributed by atoms with Gasteiger partial charge in [-0.15, -0.1) is 0 Å². The van der Waals surface area contributed by atoms with Gasteiger partial charge in [0.1, 0.15) is 60.1 Å². The number of nitrogens with one attached hydrogen (secondary N) is 11. The fraction of sp³-hybridized carbons (Fsp3) is 0.525. The van der Waals surface area contributed by atoms with Crippen LogP contribution in [0, 0.1) is 10.8 Å². The summed E-state index contributed by atoms with van der Waals surface area (Å²) in [6.45, 7) is 12.7. The van der Waals surface area contributed by atoms with Gasteiger partial charge in [0, 0.05) is 81.2 Å². The first kappa shape index (κ1) is 72.1. The molecule has 0 unspecified atom stereocenters. The quantitative estimate of drug-likeness (QED) is 0.0178. The average molecular weight is 1270 g/mol. The maximum absolute atomic E-state index is 14.8. The number of fused-ring (bicyclic) bond motifs is 1. The van der Waals surface area contributed by atoms with Gasteiger partial charge in [0.25, 0.3) is 5.97 Å². The lowest BCUT2D eigenvalue weighted by Gasteiger charge is -2.37. The number of phenolic OH excluding ortho intramolecular Hbond substituents is 1. The van der Waals surface area contributed by atoms with Crippen molar-refractivity contribution in [2.75, 3.05) is 26.2 Å². The van der Waals surface area contributed by atoms with Gasteiger partial charge in [-0.2, -0.15) is 0 Å². The molecular formula is C61H88N16O14. The molecule has 0 saturated carbocycles. The molecule has 9 atom stereocenters. The largest absolute Gasteiger partial charge is 0.508 e. The Balaban J connectivity index is 0.00000365. The van der Waals surface area contributed by atoms with Crippen LogP contribution in [0.3, 0.4) is 0 Å². The van der Waals surface area contributed by atoms with Crippen LogP contribution in [0.5, 0.6) is 5.75 Å². The predicted molar refractivity (Wildman–Crippen MR) is 333 cm³/mol. The zero-order valence-corrected chi connectivity index (χ0v) is 52.6. The van der Waals surface area contributed by atoms with Gasteiger partial charge in [-0.3, -0.25) is 57.7 Å². The number of carboxylic acid groups (broad SMARTS) is 1. The Morgan fingerprint density at radius 2 is 1.27 bits per heavy atom. The van der Waals surface area contributed by atoms with E-state index in [9.17, 15) is 58.2 Å². The number of nitrogens with two attached hydrogens (primary N) is 2. The number of aromatic nitrogens is 3. The van der Waals surface area contributed by atoms with Crippen LogP contribution in [0.2, 0.25) is 0 Å². The van der Waals surface area contributed by atoms with Crippen molar-refractivity contribution in [2.45, 2.75) is 168 Å². The van der Waals surface area contributed by atoms with Crippen LogP contribution in [-0.2, 0) is 72.0 Å². The second-order valence-electron chi connectivity index (χ2n) is 24.5. The molecule has 30 heteroatoms. The number of hydrogen-bond acceptors (Lipinski definition) is 15. The lowest BCUT2D eigenvalue weighted by atomic mass is 9.83. The third-order valence-electron chi connectivity index (χ3n) is 15.1. The van der Waals surface area contributed by atoms with Crippen molar-refractivity contribution >= 4 is 81.9 Å². The molecule has 30 nitrogen and oxygen atoms in total. The molecule has 2 aromatic carbocycles. The van der Waals surface area contributed by atoms with Crippen LogP contribution in [0.4, 0.5) is 0 Å². The Morgan fingerprint density at radius 1 is 0.714 bits per heavy atom. The number of phenols is 1. The molecular weight excluding hydrogens is 1180 g/mol. The lowest BCUT2D eigenvalue weighted by molar-refractivity contribution is -0.142. The van der Waals surface area contributed by atoms with E-state index in [2.05, 4.69) is 67.8 Å². The summed E-state index contributed by atoms with van der Waals surface area (Å²) in [6, 6.07) is 1.27. The normalized spacial score (nSPS) is 16.9. The third-order valence-corrected chi connectivity index (χ3v) is 15.1. The minimum absolute atomic E-state index is 0.0707. The number of H-pyrrole nitrogens is 2. The number of rotatable bonds is 28. The molecule has 4 heterocycles. The van der Waals surface area contributed by atoms with Gasteiger partial charge in [-0.25, -0.2) is 4.98 Å². The molecule has 0 radical (unpaired) electrons. The average Bonchev–Trinajstić information content (AvgIpc) is 1.80. The number of aliphatic hydroxyl groups is 1. The lowest BCUT2D eigenvalue weighted by Crippen LogP contribution is -2.64. The fourth-order valence-corrected chi connectivity index (χ4v) is 10.4. The maximum Gasteiger partial charge on any atom is 0.300 e. The van der Waals surface area contributed by atoms with E-state index in [0.29, 0.717) is 47.1 Å². The number of guanidine groups is 1. The Kier molecular flexibility index (Phi) is 26.4. The Morgan fingerprint density at radius 3 is 1.85 bits per heavy atom. The molecule has 496 valence electrons. The Hall–Kier alpha value is -9.61. The van der Waals surface area contributed by atoms with E-state index in [0.717, 1.165) is 6.92 Å². The predicted octanol–water partition coefficient (Wildman–Crippen LogP) is -1.35. The number of hydrogen-bond donors (Lipinski definition) is 16. The SMILES string of the molecule is CC(=O)O.CCNC(=O)[C@@H]1CCCN1C(=O)[C@H](CCCN=C(N)N)NC(=O)[C@@H](NC(=O)[C@H](NC(=O)[C@H](Cc1ccc(O)cc1)NC(=O)[C@H](CO)NC(=O)[C@H](Cc1c[nH]c2ccccc12)NC(=O)[C@H](Cc1cnc[nH]1)NC(=O)[C@@H]1CCC(=O)N1)C(C)(C)C)C(C)(C)C. The van der Waals surface area contributed by atoms with Gasteiger partial charge >= 0.3 is 0 Å². The van der Waals surface area contributed by atoms with E-state index in [1.165, 1.54) is 41.7 Å². The molecule has 0 spiro atoms. The van der Waals surface area contributed by atoms with Gasteiger partial charge in [0.15, 0.2) is 5.96 Å². The first-order valence-electron chi connectivity index (χ1n) is 30.1. The molecule has 6 rings (SSSR count). The molecule has 2 aromatic heterocycles. The van der Waals surface area contributed by atoms with Crippen LogP contribution < -0.4 is 59.3 Å². The maximum atomic E-state index is 14.8. The molecule has 2 aliphatic heterocycles. The number of carbonyl (C=O) groups excluding carboxylic acids is 10. The van der Waals surface area contributed by atoms with Gasteiger partial charge in [-0.05, 0) is 79.2 Å². The van der Waals surface area contributed by atoms with Crippen molar-refractivity contribution in [3.05, 3.63) is 84.1 Å². The fourth-order valence-electron chi connectivity index (χ4n) is 10.4. The highest BCUT2D eigenvalue weighted by atomic mass is 16.4. The van der Waals surface area contributed by atoms with E-state index >= 15 is 0 Å². The number of imidazole rings is 1. The molecule has 2 fully saturated rings. The number of nitrogens with zero attached hydrogens (tertiary/aromatic N) is 3. The molecule has 10 amide bonds. The standard InChI is InChI=1S/C59H84N16O12.C2H4O2/c1-8-63-53(84)44-16-12-24-75(44)56(87)39(15-11-23-64-57(60)61)68-54(85)46(58(2,3)4)74-55(86)47(59(5,6)7)73-51(82)40(25-32-17-19-35(77)20-18-32)69-52(83)43(30-76)72-49(80)41(26-33-28-65-37-14-10-9-13-36(33)37)70-50(81)42(27-34-29-62-31-66-34)71-48(79)38-21-22-45(78)67-38;1-2(3)4/h9-10,13-14,17-20,28-29,31,38-44,46-47,65,76-77H,8,11-12,15-16,21-27,30H2,1-7H3,(H,62,66)(H,63,84)(H,67,78)(H,68,85)(H,69,83)(H,70,81)(H,71,79)(H,72,80)(H,73,82)(H,74,86)(H4,60,61,64);1H3,(H,3,4)/t38-,39-,40-,41-,42-,43-,44-,46+,47-;/m0./s1. The molecule has 0 bridgehead atoms. The number of aromatic hydroxyl groups is 1. The van der Waals surface area contributed by atoms with E-state index in [1.54, 1.807) is 72.9 Å². The Labute approximate surface area is 526 Å². The summed E-state index contributed by atoms with van der Waals surface area (Å²) >= 11 is 0. The molecule has 4 aromatic rings. The molecule has 18 N–H and O–H groups in total. The summed E-state index contributed by atoms with van der Waals surface area (Å²) in [4.78, 5) is 165. The van der Waals surface area contributed by atoms with Crippen molar-refractivity contribution in [2.24, 2.45) is 27.3 Å². The minimum Gasteiger partial charge on any atom is -0.508 e. The van der Waals surface area contributed by atoms with Gasteiger partial charge in [0.2, 0.25) is 59.1 Å². The first-order chi connectivity index (χ1) is 42.9. The molecule has 2 saturated heterocycles. The smallest absolute Gasteiger partial charge is 0.300 e. The number of aliphatic hydroxyl groups excluding tert-OH is 1. The highest BCUT2D eigenvalue weighted by Gasteiger charge is 2.43. The van der Waals surface area contributed by atoms with E-state index < -0.39 is 125 Å². The van der Waals surface area contributed by atoms with Crippen molar-refractivity contribution in [1.82, 2.24) is 67.7 Å². The van der Waals surface area contributed by atoms with Gasteiger partial charge in [-0.1, -0.05) is 71.9 Å². The number of para-hydroxylation sites is 1. The van der Waals surface area contributed by atoms with Gasteiger partial charge < -0.3 is 89.5 Å². The second-order valence-corrected chi connectivity index (χ2v) is 24.5. The molecule has 91 heavy (non-hydrogen) atoms. The van der Waals surface area contributed by atoms with E-state index in [1.807, 2.05) is 6.07 Å². The number of likely N-dealkylation sites (tertiary alicyclic amines) is 1. The van der Waals surface area contributed by atoms with Crippen LogP contribution in [0.15, 0.2) is 72.2 Å². The highest BCUT2D eigenvalue weighted by Crippen LogP contribution is 2.26. The third kappa shape index (κ3) is 21.8. The molecule has 2 aliphatic rings. The number of amides is 10. The summed E-state index contributed by atoms with van der Waals surface area (Å²) in [5, 5.41) is 53.3. The van der Waals surface area contributed by atoms with E-state index in [-0.39, 0.29) is 81.6 Å². The van der Waals surface area contributed by atoms with E-state index in [4.69, 9.17) is 21.4 Å². The number of aliphatic imine (C=N–C) groups is 1. The number of benzene rings is 2. The van der Waals surface area contributed by atoms with Crippen LogP contribution >= 0.6 is 0 Å². The first-order valence-corrected chi connectivity index (χ1v) is 30.1. The summed E-state index contributed by atoms with van der Waals surface area (Å²) in [5.41, 5.74) is 11.2. The number of aromatic amines is 2. The second kappa shape index (κ2) is 33.3. The van der Waals surface area contributed by atoms with Crippen molar-refractivity contribution in [1.29, 1.82) is 0 Å². The zero-order valence-electron chi connectivity index (χ0n) is 52.6. The monoisotopic (exact) mass is 1270 g/mol.